The van der Waals surface area contributed by atoms with Crippen molar-refractivity contribution in [3.8, 4) is 11.1 Å². The maximum Gasteiger partial charge on any atom is 0.0714 e. The van der Waals surface area contributed by atoms with Gasteiger partial charge in [0.15, 0.2) is 0 Å². The lowest BCUT2D eigenvalue weighted by molar-refractivity contribution is 0.771. The zero-order valence-corrected chi connectivity index (χ0v) is 22.0. The van der Waals surface area contributed by atoms with Gasteiger partial charge in [-0.2, -0.15) is 0 Å². The van der Waals surface area contributed by atoms with Crippen LogP contribution in [0.3, 0.4) is 0 Å². The van der Waals surface area contributed by atoms with Crippen LogP contribution in [0.25, 0.3) is 32.7 Å². The van der Waals surface area contributed by atoms with Gasteiger partial charge in [0.1, 0.15) is 0 Å². The summed E-state index contributed by atoms with van der Waals surface area (Å²) in [5, 5.41) is 8.72. The van der Waals surface area contributed by atoms with Gasteiger partial charge in [-0.3, -0.25) is 0 Å². The van der Waals surface area contributed by atoms with Crippen LogP contribution < -0.4 is 5.32 Å². The molecule has 0 fully saturated rings. The highest BCUT2D eigenvalue weighted by atomic mass is 14.9. The Morgan fingerprint density at radius 2 is 1.07 bits per heavy atom. The standard InChI is InChI=1S/C39H27N/c1-2-15-32(16-3-1)40-33-17-10-14-30(26-33)39(31-23-21-27-11-4-5-13-29(27)25-31)36-20-9-8-19-35(36)38-34-18-7-6-12-28(34)22-24-37(38)39/h1-26,40H. The topological polar surface area (TPSA) is 12.0 Å². The van der Waals surface area contributed by atoms with Crippen molar-refractivity contribution in [3.63, 3.8) is 0 Å². The van der Waals surface area contributed by atoms with Crippen LogP contribution >= 0.6 is 0 Å². The van der Waals surface area contributed by atoms with Crippen molar-refractivity contribution in [2.24, 2.45) is 0 Å². The molecule has 1 heteroatoms. The summed E-state index contributed by atoms with van der Waals surface area (Å²) in [6.45, 7) is 0. The minimum atomic E-state index is -0.464. The van der Waals surface area contributed by atoms with Gasteiger partial charge in [0, 0.05) is 11.4 Å². The number of para-hydroxylation sites is 1. The number of nitrogens with one attached hydrogen (secondary N) is 1. The molecule has 188 valence electrons. The molecule has 1 atom stereocenters. The van der Waals surface area contributed by atoms with Gasteiger partial charge < -0.3 is 5.32 Å². The molecule has 1 nitrogen and oxygen atoms in total. The van der Waals surface area contributed by atoms with Crippen molar-refractivity contribution in [1.82, 2.24) is 0 Å². The molecule has 0 saturated carbocycles. The van der Waals surface area contributed by atoms with E-state index < -0.39 is 5.41 Å². The molecule has 0 bridgehead atoms. The number of fused-ring (bicyclic) bond motifs is 6. The van der Waals surface area contributed by atoms with Crippen LogP contribution in [0, 0.1) is 0 Å². The summed E-state index contributed by atoms with van der Waals surface area (Å²) in [6.07, 6.45) is 0. The van der Waals surface area contributed by atoms with E-state index in [1.54, 1.807) is 0 Å². The van der Waals surface area contributed by atoms with Crippen molar-refractivity contribution in [2.45, 2.75) is 5.41 Å². The van der Waals surface area contributed by atoms with Crippen LogP contribution in [0.1, 0.15) is 22.3 Å². The smallest absolute Gasteiger partial charge is 0.0714 e. The van der Waals surface area contributed by atoms with Crippen molar-refractivity contribution in [2.75, 3.05) is 5.32 Å². The van der Waals surface area contributed by atoms with E-state index >= 15 is 0 Å². The van der Waals surface area contributed by atoms with Gasteiger partial charge in [-0.05, 0) is 85.3 Å². The van der Waals surface area contributed by atoms with E-state index in [1.807, 2.05) is 6.07 Å². The van der Waals surface area contributed by atoms with E-state index in [0.717, 1.165) is 11.4 Å². The van der Waals surface area contributed by atoms with Gasteiger partial charge in [-0.1, -0.05) is 127 Å². The normalized spacial score (nSPS) is 15.6. The first-order valence-corrected chi connectivity index (χ1v) is 13.9. The summed E-state index contributed by atoms with van der Waals surface area (Å²) in [6, 6.07) is 57.5. The molecule has 7 aromatic carbocycles. The molecule has 0 radical (unpaired) electrons. The first-order valence-electron chi connectivity index (χ1n) is 13.9. The Morgan fingerprint density at radius 1 is 0.400 bits per heavy atom. The van der Waals surface area contributed by atoms with Crippen molar-refractivity contribution < 1.29 is 0 Å². The molecule has 0 spiro atoms. The van der Waals surface area contributed by atoms with Crippen molar-refractivity contribution >= 4 is 32.9 Å². The van der Waals surface area contributed by atoms with Crippen molar-refractivity contribution in [1.29, 1.82) is 0 Å². The van der Waals surface area contributed by atoms with Crippen LogP contribution in [0.4, 0.5) is 11.4 Å². The fourth-order valence-corrected chi connectivity index (χ4v) is 6.78. The second kappa shape index (κ2) is 8.97. The minimum Gasteiger partial charge on any atom is -0.356 e. The zero-order valence-electron chi connectivity index (χ0n) is 22.0. The van der Waals surface area contributed by atoms with E-state index in [9.17, 15) is 0 Å². The summed E-state index contributed by atoms with van der Waals surface area (Å²) in [5.41, 5.74) is 9.54. The Labute approximate surface area is 234 Å². The number of hydrogen-bond donors (Lipinski definition) is 1. The maximum atomic E-state index is 3.64. The van der Waals surface area contributed by atoms with Crippen LogP contribution in [0.5, 0.6) is 0 Å². The van der Waals surface area contributed by atoms with Crippen LogP contribution in [0.15, 0.2) is 158 Å². The molecule has 1 aliphatic rings. The highest BCUT2D eigenvalue weighted by Crippen LogP contribution is 2.58. The summed E-state index contributed by atoms with van der Waals surface area (Å²) < 4.78 is 0. The first kappa shape index (κ1) is 22.8. The SMILES string of the molecule is c1ccc(Nc2cccc(C3(c4ccc5ccccc5c4)c4ccccc4-c4c3ccc3ccccc43)c2)cc1. The number of rotatable bonds is 4. The molecule has 0 aliphatic heterocycles. The highest BCUT2D eigenvalue weighted by molar-refractivity contribution is 6.04. The monoisotopic (exact) mass is 509 g/mol. The summed E-state index contributed by atoms with van der Waals surface area (Å²) >= 11 is 0. The van der Waals surface area contributed by atoms with Crippen molar-refractivity contribution in [3.05, 3.63) is 180 Å². The molecule has 1 aliphatic carbocycles. The third-order valence-electron chi connectivity index (χ3n) is 8.47. The molecule has 7 aromatic rings. The molecular formula is C39H27N. The largest absolute Gasteiger partial charge is 0.356 e. The average molecular weight is 510 g/mol. The highest BCUT2D eigenvalue weighted by Gasteiger charge is 2.46. The van der Waals surface area contributed by atoms with Gasteiger partial charge >= 0.3 is 0 Å². The second-order valence-corrected chi connectivity index (χ2v) is 10.6. The van der Waals surface area contributed by atoms with Gasteiger partial charge in [-0.25, -0.2) is 0 Å². The van der Waals surface area contributed by atoms with Gasteiger partial charge in [0.25, 0.3) is 0 Å². The Bertz CT molecular complexity index is 2040. The number of anilines is 2. The second-order valence-electron chi connectivity index (χ2n) is 10.6. The predicted molar refractivity (Wildman–Crippen MR) is 168 cm³/mol. The molecule has 1 unspecified atom stereocenters. The Hall–Kier alpha value is -5.14. The minimum absolute atomic E-state index is 0.464. The van der Waals surface area contributed by atoms with Gasteiger partial charge in [0.2, 0.25) is 0 Å². The van der Waals surface area contributed by atoms with E-state index in [4.69, 9.17) is 0 Å². The van der Waals surface area contributed by atoms with Crippen LogP contribution in [-0.2, 0) is 5.41 Å². The number of hydrogen-bond acceptors (Lipinski definition) is 1. The Kier molecular flexibility index (Phi) is 5.11. The van der Waals surface area contributed by atoms with Crippen LogP contribution in [-0.4, -0.2) is 0 Å². The molecule has 40 heavy (non-hydrogen) atoms. The third kappa shape index (κ3) is 3.34. The lowest BCUT2D eigenvalue weighted by Crippen LogP contribution is -2.28. The number of benzene rings is 7. The predicted octanol–water partition coefficient (Wildman–Crippen LogP) is 10.1. The van der Waals surface area contributed by atoms with Crippen LogP contribution in [0.2, 0.25) is 0 Å². The van der Waals surface area contributed by atoms with Gasteiger partial charge in [0.05, 0.1) is 5.41 Å². The molecule has 0 saturated heterocycles. The summed E-state index contributed by atoms with van der Waals surface area (Å²) in [7, 11) is 0. The fraction of sp³-hybridized carbons (Fsp3) is 0.0256. The lowest BCUT2D eigenvalue weighted by Gasteiger charge is -2.34. The quantitative estimate of drug-likeness (QED) is 0.249. The van der Waals surface area contributed by atoms with E-state index in [1.165, 1.54) is 54.9 Å². The average Bonchev–Trinajstić information content (AvgIpc) is 3.33. The first-order chi connectivity index (χ1) is 19.8. The summed E-state index contributed by atoms with van der Waals surface area (Å²) in [4.78, 5) is 0. The Balaban J connectivity index is 1.47. The van der Waals surface area contributed by atoms with Gasteiger partial charge in [-0.15, -0.1) is 0 Å². The third-order valence-corrected chi connectivity index (χ3v) is 8.47. The molecular weight excluding hydrogens is 482 g/mol. The molecule has 0 heterocycles. The molecule has 1 N–H and O–H groups in total. The Morgan fingerprint density at radius 3 is 1.98 bits per heavy atom. The zero-order chi connectivity index (χ0) is 26.5. The van der Waals surface area contributed by atoms with E-state index in [2.05, 4.69) is 157 Å². The molecule has 0 amide bonds. The fourth-order valence-electron chi connectivity index (χ4n) is 6.78. The van der Waals surface area contributed by atoms with E-state index in [0.29, 0.717) is 0 Å². The maximum absolute atomic E-state index is 3.64. The molecule has 8 rings (SSSR count). The molecule has 0 aromatic heterocycles. The summed E-state index contributed by atoms with van der Waals surface area (Å²) in [5.74, 6) is 0. The van der Waals surface area contributed by atoms with E-state index in [-0.39, 0.29) is 0 Å². The lowest BCUT2D eigenvalue weighted by atomic mass is 9.67.